The molecule has 1 aromatic carbocycles. The summed E-state index contributed by atoms with van der Waals surface area (Å²) in [5.74, 6) is -4.63. The summed E-state index contributed by atoms with van der Waals surface area (Å²) in [7, 11) is 0. The first-order chi connectivity index (χ1) is 8.38. The van der Waals surface area contributed by atoms with Gasteiger partial charge in [0.25, 0.3) is 0 Å². The van der Waals surface area contributed by atoms with Gasteiger partial charge in [-0.25, -0.2) is 14.4 Å². The molecule has 8 heteroatoms. The molecule has 0 fully saturated rings. The molecule has 0 heterocycles. The van der Waals surface area contributed by atoms with Crippen LogP contribution in [-0.2, 0) is 4.79 Å². The first kappa shape index (κ1) is 13.2. The molecule has 1 rings (SSSR count). The molecule has 0 aromatic heterocycles. The monoisotopic (exact) mass is 252 g/mol. The quantitative estimate of drug-likeness (QED) is 0.550. The van der Waals surface area contributed by atoms with Gasteiger partial charge >= 0.3 is 24.3 Å². The van der Waals surface area contributed by atoms with Gasteiger partial charge in [-0.3, -0.25) is 4.79 Å². The van der Waals surface area contributed by atoms with Gasteiger partial charge in [0.05, 0.1) is 22.4 Å². The minimum absolute atomic E-state index is 0.513. The van der Waals surface area contributed by atoms with E-state index in [4.69, 9.17) is 15.3 Å². The van der Waals surface area contributed by atoms with E-state index in [1.165, 1.54) is 0 Å². The van der Waals surface area contributed by atoms with Crippen molar-refractivity contribution in [2.75, 3.05) is 5.32 Å². The molecule has 0 atom stereocenters. The van der Waals surface area contributed by atoms with Gasteiger partial charge in [-0.05, 0) is 12.1 Å². The van der Waals surface area contributed by atoms with E-state index in [2.05, 4.69) is 0 Å². The number of hydrogen-bond donors (Lipinski definition) is 4. The Hall–Kier alpha value is -2.90. The Morgan fingerprint density at radius 2 is 1.39 bits per heavy atom. The van der Waals surface area contributed by atoms with Crippen LogP contribution in [0.5, 0.6) is 0 Å². The number of rotatable bonds is 5. The number of carbonyl (C=O) groups excluding carboxylic acids is 1. The van der Waals surface area contributed by atoms with Gasteiger partial charge < -0.3 is 20.6 Å². The van der Waals surface area contributed by atoms with Crippen LogP contribution in [-0.4, -0.2) is 39.6 Å². The van der Waals surface area contributed by atoms with Crippen LogP contribution in [0.2, 0.25) is 0 Å². The van der Waals surface area contributed by atoms with Crippen LogP contribution >= 0.6 is 0 Å². The van der Waals surface area contributed by atoms with Crippen molar-refractivity contribution in [3.63, 3.8) is 0 Å². The minimum Gasteiger partial charge on any atom is -0.478 e. The number of carboxylic acids is 3. The fraction of sp³-hybridized carbons (Fsp3) is 0. The average molecular weight is 252 g/mol. The lowest BCUT2D eigenvalue weighted by Crippen LogP contribution is -2.13. The molecular weight excluding hydrogens is 246 g/mol. The number of aromatic carboxylic acids is 3. The number of carboxylic acid groups (broad SMARTS) is 3. The Bertz CT molecular complexity index is 514. The number of benzene rings is 1. The zero-order chi connectivity index (χ0) is 13.9. The summed E-state index contributed by atoms with van der Waals surface area (Å²) < 4.78 is 0. The second kappa shape index (κ2) is 4.95. The van der Waals surface area contributed by atoms with E-state index in [9.17, 15) is 19.2 Å². The predicted molar refractivity (Wildman–Crippen MR) is 56.6 cm³/mol. The Balaban J connectivity index is 3.64. The normalized spacial score (nSPS) is 9.56. The summed E-state index contributed by atoms with van der Waals surface area (Å²) in [4.78, 5) is 42.7. The summed E-state index contributed by atoms with van der Waals surface area (Å²) in [6.45, 7) is 0. The maximum Gasteiger partial charge on any atom is 0.337 e. The standard InChI is InChI=1S/C10H6NO7/c12-3-11-7-5(9(15)16)1-4(8(13)14)2-6(7)10(17)18/h1-2H,(H,11,12)(H,13,14)(H,15,16)(H,17,18). The van der Waals surface area contributed by atoms with Crippen LogP contribution in [0.25, 0.3) is 0 Å². The lowest BCUT2D eigenvalue weighted by Gasteiger charge is -2.09. The lowest BCUT2D eigenvalue weighted by molar-refractivity contribution is 0.0696. The summed E-state index contributed by atoms with van der Waals surface area (Å²) in [6.07, 6.45) is 1.15. The van der Waals surface area contributed by atoms with Crippen LogP contribution in [0.3, 0.4) is 0 Å². The smallest absolute Gasteiger partial charge is 0.337 e. The van der Waals surface area contributed by atoms with Crippen LogP contribution in [0.4, 0.5) is 5.69 Å². The fourth-order valence-electron chi connectivity index (χ4n) is 1.29. The van der Waals surface area contributed by atoms with Crippen molar-refractivity contribution < 1.29 is 34.5 Å². The van der Waals surface area contributed by atoms with E-state index >= 15 is 0 Å². The van der Waals surface area contributed by atoms with Gasteiger partial charge in [0, 0.05) is 0 Å². The van der Waals surface area contributed by atoms with E-state index in [0.29, 0.717) is 0 Å². The van der Waals surface area contributed by atoms with Crippen molar-refractivity contribution in [2.45, 2.75) is 0 Å². The highest BCUT2D eigenvalue weighted by molar-refractivity contribution is 6.08. The summed E-state index contributed by atoms with van der Waals surface area (Å²) in [5.41, 5.74) is -2.32. The van der Waals surface area contributed by atoms with Gasteiger partial charge in [0.1, 0.15) is 0 Å². The number of amides is 1. The van der Waals surface area contributed by atoms with Crippen LogP contribution in [0, 0.1) is 0 Å². The Kier molecular flexibility index (Phi) is 3.62. The van der Waals surface area contributed by atoms with Crippen LogP contribution < -0.4 is 5.32 Å². The molecule has 4 N–H and O–H groups in total. The van der Waals surface area contributed by atoms with E-state index < -0.39 is 40.3 Å². The summed E-state index contributed by atoms with van der Waals surface area (Å²) in [5, 5.41) is 28.2. The van der Waals surface area contributed by atoms with Gasteiger partial charge in [0.2, 0.25) is 0 Å². The molecular formula is C10H6NO7. The number of carbonyl (C=O) groups is 3. The topological polar surface area (TPSA) is 141 Å². The zero-order valence-electron chi connectivity index (χ0n) is 8.63. The maximum absolute atomic E-state index is 10.9. The molecule has 18 heavy (non-hydrogen) atoms. The van der Waals surface area contributed by atoms with Crippen molar-refractivity contribution in [1.29, 1.82) is 0 Å². The highest BCUT2D eigenvalue weighted by Crippen LogP contribution is 2.23. The van der Waals surface area contributed by atoms with Crippen molar-refractivity contribution in [3.8, 4) is 0 Å². The van der Waals surface area contributed by atoms with Gasteiger partial charge in [-0.15, -0.1) is 0 Å². The number of anilines is 1. The minimum atomic E-state index is -1.57. The number of nitrogens with one attached hydrogen (secondary N) is 1. The van der Waals surface area contributed by atoms with Gasteiger partial charge in [0.15, 0.2) is 0 Å². The van der Waals surface area contributed by atoms with Crippen LogP contribution in [0.1, 0.15) is 31.1 Å². The first-order valence-corrected chi connectivity index (χ1v) is 4.39. The van der Waals surface area contributed by atoms with E-state index in [1.807, 2.05) is 5.32 Å². The fourth-order valence-corrected chi connectivity index (χ4v) is 1.29. The second-order valence-corrected chi connectivity index (χ2v) is 3.09. The first-order valence-electron chi connectivity index (χ1n) is 4.39. The number of hydrogen-bond acceptors (Lipinski definition) is 4. The molecule has 0 saturated carbocycles. The summed E-state index contributed by atoms with van der Waals surface area (Å²) in [6, 6.07) is 1.49. The highest BCUT2D eigenvalue weighted by Gasteiger charge is 2.22. The molecule has 93 valence electrons. The SMILES string of the molecule is O=[C]Nc1c(C(=O)O)cc(C(=O)O)cc1C(=O)O. The third kappa shape index (κ3) is 2.43. The molecule has 1 radical (unpaired) electrons. The maximum atomic E-state index is 10.9. The largest absolute Gasteiger partial charge is 0.478 e. The molecule has 1 aromatic rings. The third-order valence-corrected chi connectivity index (χ3v) is 2.02. The van der Waals surface area contributed by atoms with E-state index in [0.717, 1.165) is 18.5 Å². The Morgan fingerprint density at radius 3 is 1.67 bits per heavy atom. The van der Waals surface area contributed by atoms with Crippen molar-refractivity contribution in [3.05, 3.63) is 28.8 Å². The lowest BCUT2D eigenvalue weighted by atomic mass is 10.0. The average Bonchev–Trinajstić information content (AvgIpc) is 2.28. The summed E-state index contributed by atoms with van der Waals surface area (Å²) >= 11 is 0. The molecule has 0 bridgehead atoms. The predicted octanol–water partition coefficient (Wildman–Crippen LogP) is 0.260. The van der Waals surface area contributed by atoms with Gasteiger partial charge in [-0.2, -0.15) is 0 Å². The van der Waals surface area contributed by atoms with Gasteiger partial charge in [-0.1, -0.05) is 0 Å². The van der Waals surface area contributed by atoms with Crippen LogP contribution in [0.15, 0.2) is 12.1 Å². The van der Waals surface area contributed by atoms with Crippen molar-refractivity contribution >= 4 is 30.0 Å². The molecule has 0 aliphatic heterocycles. The second-order valence-electron chi connectivity index (χ2n) is 3.09. The third-order valence-electron chi connectivity index (χ3n) is 2.02. The Morgan fingerprint density at radius 1 is 0.944 bits per heavy atom. The zero-order valence-corrected chi connectivity index (χ0v) is 8.63. The molecule has 0 unspecified atom stereocenters. The Labute approximate surface area is 99.5 Å². The van der Waals surface area contributed by atoms with E-state index in [-0.39, 0.29) is 0 Å². The molecule has 0 aliphatic carbocycles. The molecule has 0 saturated heterocycles. The molecule has 1 amide bonds. The van der Waals surface area contributed by atoms with Crippen molar-refractivity contribution in [1.82, 2.24) is 0 Å². The molecule has 0 aliphatic rings. The molecule has 0 spiro atoms. The van der Waals surface area contributed by atoms with Crippen molar-refractivity contribution in [2.24, 2.45) is 0 Å². The van der Waals surface area contributed by atoms with E-state index in [1.54, 1.807) is 0 Å². The highest BCUT2D eigenvalue weighted by atomic mass is 16.4. The molecule has 8 nitrogen and oxygen atoms in total.